The zero-order valence-corrected chi connectivity index (χ0v) is 12.8. The van der Waals surface area contributed by atoms with Gasteiger partial charge >= 0.3 is 0 Å². The van der Waals surface area contributed by atoms with Crippen molar-refractivity contribution in [2.24, 2.45) is 0 Å². The second kappa shape index (κ2) is 6.99. The van der Waals surface area contributed by atoms with Crippen molar-refractivity contribution in [3.63, 3.8) is 0 Å². The van der Waals surface area contributed by atoms with Gasteiger partial charge in [-0.05, 0) is 18.6 Å². The van der Waals surface area contributed by atoms with Crippen LogP contribution in [0, 0.1) is 17.0 Å². The van der Waals surface area contributed by atoms with Gasteiger partial charge in [0.1, 0.15) is 0 Å². The summed E-state index contributed by atoms with van der Waals surface area (Å²) in [6, 6.07) is 4.32. The van der Waals surface area contributed by atoms with Crippen LogP contribution >= 0.6 is 23.5 Å². The predicted molar refractivity (Wildman–Crippen MR) is 83.7 cm³/mol. The number of carbonyl (C=O) groups excluding carboxylic acids is 1. The van der Waals surface area contributed by atoms with E-state index in [9.17, 15) is 14.9 Å². The summed E-state index contributed by atoms with van der Waals surface area (Å²) in [5, 5.41) is 14.0. The quantitative estimate of drug-likeness (QED) is 0.683. The second-order valence-electron chi connectivity index (χ2n) is 4.53. The van der Waals surface area contributed by atoms with Crippen LogP contribution in [0.1, 0.15) is 15.9 Å². The summed E-state index contributed by atoms with van der Waals surface area (Å²) in [6.45, 7) is 2.36. The monoisotopic (exact) mass is 312 g/mol. The van der Waals surface area contributed by atoms with Crippen molar-refractivity contribution >= 4 is 35.1 Å². The lowest BCUT2D eigenvalue weighted by molar-refractivity contribution is -0.384. The summed E-state index contributed by atoms with van der Waals surface area (Å²) < 4.78 is 0. The standard InChI is InChI=1S/C13H16N2O3S2/c1-9-6-10(15(17)18)2-3-12(9)13(16)14-7-11-8-19-4-5-20-11/h2-3,6,11H,4-5,7-8H2,1H3,(H,14,16). The number of aryl methyl sites for hydroxylation is 1. The van der Waals surface area contributed by atoms with Crippen LogP contribution in [0.25, 0.3) is 0 Å². The average Bonchev–Trinajstić information content (AvgIpc) is 2.45. The number of amides is 1. The van der Waals surface area contributed by atoms with Gasteiger partial charge < -0.3 is 5.32 Å². The van der Waals surface area contributed by atoms with E-state index >= 15 is 0 Å². The molecular formula is C13H16N2O3S2. The third-order valence-electron chi connectivity index (χ3n) is 3.04. The maximum atomic E-state index is 12.1. The fraction of sp³-hybridized carbons (Fsp3) is 0.462. The lowest BCUT2D eigenvalue weighted by Gasteiger charge is -2.21. The summed E-state index contributed by atoms with van der Waals surface area (Å²) in [7, 11) is 0. The van der Waals surface area contributed by atoms with E-state index in [0.29, 0.717) is 22.9 Å². The molecule has 1 aliphatic heterocycles. The van der Waals surface area contributed by atoms with E-state index in [2.05, 4.69) is 5.32 Å². The molecule has 5 nitrogen and oxygen atoms in total. The van der Waals surface area contributed by atoms with Crippen LogP contribution in [0.3, 0.4) is 0 Å². The van der Waals surface area contributed by atoms with Gasteiger partial charge in [-0.1, -0.05) is 0 Å². The Morgan fingerprint density at radius 2 is 2.30 bits per heavy atom. The van der Waals surface area contributed by atoms with Crippen molar-refractivity contribution in [2.45, 2.75) is 12.2 Å². The number of nitrogens with one attached hydrogen (secondary N) is 1. The van der Waals surface area contributed by atoms with Crippen molar-refractivity contribution < 1.29 is 9.72 Å². The predicted octanol–water partition coefficient (Wildman–Crippen LogP) is 2.48. The highest BCUT2D eigenvalue weighted by Gasteiger charge is 2.17. The van der Waals surface area contributed by atoms with Crippen LogP contribution < -0.4 is 5.32 Å². The van der Waals surface area contributed by atoms with Crippen LogP contribution in [-0.4, -0.2) is 39.9 Å². The topological polar surface area (TPSA) is 72.2 Å². The van der Waals surface area contributed by atoms with E-state index in [1.54, 1.807) is 6.92 Å². The molecule has 1 aromatic rings. The smallest absolute Gasteiger partial charge is 0.269 e. The number of hydrogen-bond donors (Lipinski definition) is 1. The molecule has 1 N–H and O–H groups in total. The molecular weight excluding hydrogens is 296 g/mol. The van der Waals surface area contributed by atoms with Crippen molar-refractivity contribution in [1.82, 2.24) is 5.32 Å². The minimum Gasteiger partial charge on any atom is -0.351 e. The molecule has 0 radical (unpaired) electrons. The summed E-state index contributed by atoms with van der Waals surface area (Å²) in [4.78, 5) is 22.3. The minimum absolute atomic E-state index is 0.0123. The molecule has 1 aliphatic rings. The van der Waals surface area contributed by atoms with Crippen LogP contribution in [0.4, 0.5) is 5.69 Å². The maximum Gasteiger partial charge on any atom is 0.269 e. The first kappa shape index (κ1) is 15.2. The summed E-state index contributed by atoms with van der Waals surface area (Å²) in [5.41, 5.74) is 1.14. The van der Waals surface area contributed by atoms with E-state index in [1.807, 2.05) is 23.5 Å². The number of nitro benzene ring substituents is 1. The first-order valence-corrected chi connectivity index (χ1v) is 8.51. The van der Waals surface area contributed by atoms with Gasteiger partial charge in [-0.25, -0.2) is 0 Å². The van der Waals surface area contributed by atoms with Crippen LogP contribution in [-0.2, 0) is 0 Å². The van der Waals surface area contributed by atoms with Gasteiger partial charge in [0.2, 0.25) is 0 Å². The van der Waals surface area contributed by atoms with Crippen LogP contribution in [0.2, 0.25) is 0 Å². The molecule has 1 saturated heterocycles. The van der Waals surface area contributed by atoms with Crippen LogP contribution in [0.15, 0.2) is 18.2 Å². The zero-order valence-electron chi connectivity index (χ0n) is 11.1. The highest BCUT2D eigenvalue weighted by atomic mass is 32.2. The fourth-order valence-corrected chi connectivity index (χ4v) is 4.58. The lowest BCUT2D eigenvalue weighted by Crippen LogP contribution is -2.33. The summed E-state index contributed by atoms with van der Waals surface area (Å²) in [5.74, 6) is 3.20. The Bertz CT molecular complexity index is 516. The highest BCUT2D eigenvalue weighted by Crippen LogP contribution is 2.23. The van der Waals surface area contributed by atoms with Gasteiger partial charge in [-0.15, -0.1) is 0 Å². The Kier molecular flexibility index (Phi) is 5.31. The SMILES string of the molecule is Cc1cc([N+](=O)[O-])ccc1C(=O)NCC1CSCCS1. The third kappa shape index (κ3) is 3.89. The fourth-order valence-electron chi connectivity index (χ4n) is 1.97. The molecule has 1 unspecified atom stereocenters. The van der Waals surface area contributed by atoms with E-state index in [1.165, 1.54) is 24.0 Å². The van der Waals surface area contributed by atoms with E-state index in [4.69, 9.17) is 0 Å². The first-order chi connectivity index (χ1) is 9.58. The maximum absolute atomic E-state index is 12.1. The third-order valence-corrected chi connectivity index (χ3v) is 5.89. The molecule has 0 saturated carbocycles. The number of hydrogen-bond acceptors (Lipinski definition) is 5. The molecule has 1 heterocycles. The molecule has 0 spiro atoms. The van der Waals surface area contributed by atoms with Gasteiger partial charge in [0.25, 0.3) is 11.6 Å². The average molecular weight is 312 g/mol. The number of carbonyl (C=O) groups is 1. The normalized spacial score (nSPS) is 18.6. The summed E-state index contributed by atoms with van der Waals surface area (Å²) in [6.07, 6.45) is 0. The Hall–Kier alpha value is -1.21. The lowest BCUT2D eigenvalue weighted by atomic mass is 10.1. The molecule has 1 atom stereocenters. The first-order valence-electron chi connectivity index (χ1n) is 6.30. The van der Waals surface area contributed by atoms with Gasteiger partial charge in [0.05, 0.1) is 4.92 Å². The molecule has 0 bridgehead atoms. The zero-order chi connectivity index (χ0) is 14.5. The Morgan fingerprint density at radius 1 is 1.50 bits per heavy atom. The largest absolute Gasteiger partial charge is 0.351 e. The highest BCUT2D eigenvalue weighted by molar-refractivity contribution is 8.06. The van der Waals surface area contributed by atoms with Crippen LogP contribution in [0.5, 0.6) is 0 Å². The Labute approximate surface area is 126 Å². The molecule has 108 valence electrons. The second-order valence-corrected chi connectivity index (χ2v) is 7.09. The number of rotatable bonds is 4. The van der Waals surface area contributed by atoms with E-state index in [-0.39, 0.29) is 11.6 Å². The number of thioether (sulfide) groups is 2. The number of nitro groups is 1. The Morgan fingerprint density at radius 3 is 2.90 bits per heavy atom. The van der Waals surface area contributed by atoms with Gasteiger partial charge in [0.15, 0.2) is 0 Å². The number of non-ortho nitro benzene ring substituents is 1. The molecule has 0 aromatic heterocycles. The van der Waals surface area contributed by atoms with Gasteiger partial charge in [0, 0.05) is 46.7 Å². The molecule has 7 heteroatoms. The van der Waals surface area contributed by atoms with Crippen molar-refractivity contribution in [3.8, 4) is 0 Å². The molecule has 1 aromatic carbocycles. The number of benzene rings is 1. The summed E-state index contributed by atoms with van der Waals surface area (Å²) >= 11 is 3.80. The molecule has 2 rings (SSSR count). The van der Waals surface area contributed by atoms with Gasteiger partial charge in [-0.3, -0.25) is 14.9 Å². The van der Waals surface area contributed by atoms with E-state index in [0.717, 1.165) is 11.5 Å². The van der Waals surface area contributed by atoms with Crippen molar-refractivity contribution in [1.29, 1.82) is 0 Å². The van der Waals surface area contributed by atoms with Crippen molar-refractivity contribution in [3.05, 3.63) is 39.4 Å². The minimum atomic E-state index is -0.454. The molecule has 20 heavy (non-hydrogen) atoms. The van der Waals surface area contributed by atoms with Gasteiger partial charge in [-0.2, -0.15) is 23.5 Å². The number of nitrogens with zero attached hydrogens (tertiary/aromatic N) is 1. The van der Waals surface area contributed by atoms with E-state index < -0.39 is 4.92 Å². The molecule has 1 fully saturated rings. The Balaban J connectivity index is 1.96. The molecule has 1 amide bonds. The van der Waals surface area contributed by atoms with Crippen molar-refractivity contribution in [2.75, 3.05) is 23.8 Å². The molecule has 0 aliphatic carbocycles.